The molecule has 0 aliphatic heterocycles. The summed E-state index contributed by atoms with van der Waals surface area (Å²) in [5, 5.41) is 0.233. The number of hydrogen-bond donors (Lipinski definition) is 1. The maximum atomic E-state index is 13.7. The summed E-state index contributed by atoms with van der Waals surface area (Å²) in [4.78, 5) is 13.7. The molecule has 0 unspecified atom stereocenters. The summed E-state index contributed by atoms with van der Waals surface area (Å²) >= 11 is 0. The topological polar surface area (TPSA) is 135 Å². The Bertz CT molecular complexity index is 1770. The van der Waals surface area contributed by atoms with Crippen LogP contribution < -0.4 is 38.6 Å². The van der Waals surface area contributed by atoms with Crippen molar-refractivity contribution < 1.29 is 41.3 Å². The molecule has 1 N–H and O–H groups in total. The van der Waals surface area contributed by atoms with E-state index in [9.17, 15) is 13.2 Å². The summed E-state index contributed by atoms with van der Waals surface area (Å²) in [5.74, 6) is 2.13. The van der Waals surface area contributed by atoms with E-state index in [0.717, 1.165) is 5.56 Å². The molecule has 1 aromatic heterocycles. The molecule has 12 nitrogen and oxygen atoms in total. The van der Waals surface area contributed by atoms with Crippen LogP contribution in [-0.2, 0) is 16.6 Å². The summed E-state index contributed by atoms with van der Waals surface area (Å²) in [6, 6.07) is 10.00. The lowest BCUT2D eigenvalue weighted by molar-refractivity contribution is 0.354. The Balaban J connectivity index is 1.70. The average molecular weight is 603 g/mol. The zero-order chi connectivity index (χ0) is 30.6. The van der Waals surface area contributed by atoms with Gasteiger partial charge in [0.05, 0.1) is 48.0 Å². The lowest BCUT2D eigenvalue weighted by Crippen LogP contribution is -2.33. The van der Waals surface area contributed by atoms with Crippen LogP contribution in [0.3, 0.4) is 0 Å². The van der Waals surface area contributed by atoms with Gasteiger partial charge in [-0.1, -0.05) is 6.07 Å². The van der Waals surface area contributed by atoms with Gasteiger partial charge in [-0.05, 0) is 36.6 Å². The highest BCUT2D eigenvalue weighted by molar-refractivity contribution is 7.90. The number of fused-ring (bicyclic) bond motifs is 2. The molecule has 0 aliphatic rings. The van der Waals surface area contributed by atoms with Crippen molar-refractivity contribution in [3.05, 3.63) is 52.2 Å². The van der Waals surface area contributed by atoms with E-state index in [-0.39, 0.29) is 45.7 Å². The fourth-order valence-electron chi connectivity index (χ4n) is 4.58. The molecule has 0 saturated carbocycles. The minimum absolute atomic E-state index is 0.0341. The number of nitrogens with zero attached hydrogens (tertiary/aromatic N) is 1. The van der Waals surface area contributed by atoms with Crippen LogP contribution in [0.2, 0.25) is 0 Å². The third-order valence-corrected chi connectivity index (χ3v) is 8.31. The number of anilines is 1. The summed E-state index contributed by atoms with van der Waals surface area (Å²) in [7, 11) is 6.14. The molecule has 0 aliphatic carbocycles. The fraction of sp³-hybridized carbons (Fsp3) is 0.345. The molecule has 226 valence electrons. The Kier molecular flexibility index (Phi) is 9.22. The summed E-state index contributed by atoms with van der Waals surface area (Å²) in [6.07, 6.45) is 1.12. The standard InChI is InChI=1S/C29H34N2O10S/c1-31(12-8-9-17-10-11-19(35-2)21(13-17)36-3)42(33,34)30-27-25(40-7)16-24(39-6)26-28(32)18-14-22(37-4)23(38-5)15-20(18)41-29(26)27/h10-11,13-16,30H,8-9,12H2,1-7H3. The number of aryl methyl sites for hydroxylation is 1. The van der Waals surface area contributed by atoms with Gasteiger partial charge in [0, 0.05) is 25.7 Å². The SMILES string of the molecule is COc1ccc(CCCN(C)S(=O)(=O)Nc2c(OC)cc(OC)c3c(=O)c4cc(OC)c(OC)cc4oc23)cc1OC. The number of rotatable bonds is 13. The minimum atomic E-state index is -4.11. The van der Waals surface area contributed by atoms with E-state index < -0.39 is 15.6 Å². The molecule has 0 bridgehead atoms. The van der Waals surface area contributed by atoms with Gasteiger partial charge in [-0.15, -0.1) is 0 Å². The quantitative estimate of drug-likeness (QED) is 0.222. The normalized spacial score (nSPS) is 11.5. The number of ether oxygens (including phenoxy) is 6. The van der Waals surface area contributed by atoms with E-state index in [1.807, 2.05) is 12.1 Å². The van der Waals surface area contributed by atoms with Crippen molar-refractivity contribution in [1.29, 1.82) is 0 Å². The van der Waals surface area contributed by atoms with Gasteiger partial charge in [-0.2, -0.15) is 12.7 Å². The van der Waals surface area contributed by atoms with Gasteiger partial charge in [0.2, 0.25) is 5.43 Å². The van der Waals surface area contributed by atoms with Gasteiger partial charge < -0.3 is 32.8 Å². The van der Waals surface area contributed by atoms with E-state index in [0.29, 0.717) is 35.8 Å². The predicted molar refractivity (Wildman–Crippen MR) is 159 cm³/mol. The second kappa shape index (κ2) is 12.7. The van der Waals surface area contributed by atoms with E-state index in [4.69, 9.17) is 32.8 Å². The molecule has 0 saturated heterocycles. The first-order valence-electron chi connectivity index (χ1n) is 12.8. The molecule has 42 heavy (non-hydrogen) atoms. The van der Waals surface area contributed by atoms with Gasteiger partial charge in [0.15, 0.2) is 34.3 Å². The summed E-state index contributed by atoms with van der Waals surface area (Å²) in [6.45, 7) is 0.198. The lowest BCUT2D eigenvalue weighted by atomic mass is 10.1. The molecular weight excluding hydrogens is 568 g/mol. The highest BCUT2D eigenvalue weighted by Crippen LogP contribution is 2.42. The van der Waals surface area contributed by atoms with Crippen LogP contribution in [0.4, 0.5) is 5.69 Å². The Labute approximate surface area is 243 Å². The number of hydrogen-bond acceptors (Lipinski definition) is 10. The van der Waals surface area contributed by atoms with Crippen LogP contribution in [0.5, 0.6) is 34.5 Å². The second-order valence-electron chi connectivity index (χ2n) is 9.22. The first kappa shape index (κ1) is 30.6. The number of benzene rings is 3. The summed E-state index contributed by atoms with van der Waals surface area (Å²) < 4.78 is 69.0. The Morgan fingerprint density at radius 3 is 1.98 bits per heavy atom. The molecule has 3 aromatic carbocycles. The molecule has 0 fully saturated rings. The zero-order valence-corrected chi connectivity index (χ0v) is 25.3. The van der Waals surface area contributed by atoms with E-state index in [1.54, 1.807) is 20.3 Å². The van der Waals surface area contributed by atoms with E-state index in [2.05, 4.69) is 4.72 Å². The van der Waals surface area contributed by atoms with E-state index >= 15 is 0 Å². The van der Waals surface area contributed by atoms with Crippen molar-refractivity contribution in [2.75, 3.05) is 61.0 Å². The van der Waals surface area contributed by atoms with Gasteiger partial charge in [-0.25, -0.2) is 0 Å². The molecule has 13 heteroatoms. The van der Waals surface area contributed by atoms with Crippen LogP contribution in [0.25, 0.3) is 21.9 Å². The van der Waals surface area contributed by atoms with Crippen molar-refractivity contribution >= 4 is 37.8 Å². The lowest BCUT2D eigenvalue weighted by Gasteiger charge is -2.21. The van der Waals surface area contributed by atoms with Gasteiger partial charge >= 0.3 is 10.2 Å². The van der Waals surface area contributed by atoms with Crippen molar-refractivity contribution in [3.8, 4) is 34.5 Å². The van der Waals surface area contributed by atoms with Crippen LogP contribution in [0.1, 0.15) is 12.0 Å². The third-order valence-electron chi connectivity index (χ3n) is 6.85. The molecule has 4 aromatic rings. The molecular formula is C29H34N2O10S. The van der Waals surface area contributed by atoms with E-state index in [1.165, 1.54) is 58.0 Å². The maximum Gasteiger partial charge on any atom is 0.301 e. The van der Waals surface area contributed by atoms with Crippen molar-refractivity contribution in [2.45, 2.75) is 12.8 Å². The van der Waals surface area contributed by atoms with Crippen LogP contribution in [0.15, 0.2) is 45.6 Å². The highest BCUT2D eigenvalue weighted by Gasteiger charge is 2.26. The van der Waals surface area contributed by atoms with Crippen molar-refractivity contribution in [2.24, 2.45) is 0 Å². The molecule has 0 radical (unpaired) electrons. The number of methoxy groups -OCH3 is 6. The first-order chi connectivity index (χ1) is 20.1. The second-order valence-corrected chi connectivity index (χ2v) is 11.0. The molecule has 0 amide bonds. The Hall–Kier alpha value is -4.36. The molecule has 1 heterocycles. The third kappa shape index (κ3) is 5.83. The van der Waals surface area contributed by atoms with Gasteiger partial charge in [0.25, 0.3) is 0 Å². The van der Waals surface area contributed by atoms with Gasteiger partial charge in [-0.3, -0.25) is 9.52 Å². The van der Waals surface area contributed by atoms with Crippen LogP contribution >= 0.6 is 0 Å². The smallest absolute Gasteiger partial charge is 0.301 e. The van der Waals surface area contributed by atoms with Crippen LogP contribution in [-0.4, -0.2) is 69.0 Å². The van der Waals surface area contributed by atoms with Crippen LogP contribution in [0, 0.1) is 0 Å². The molecule has 0 atom stereocenters. The Morgan fingerprint density at radius 2 is 1.36 bits per heavy atom. The first-order valence-corrected chi connectivity index (χ1v) is 14.3. The monoisotopic (exact) mass is 602 g/mol. The Morgan fingerprint density at radius 1 is 0.762 bits per heavy atom. The van der Waals surface area contributed by atoms with Crippen molar-refractivity contribution in [1.82, 2.24) is 4.31 Å². The number of nitrogens with one attached hydrogen (secondary N) is 1. The predicted octanol–water partition coefficient (Wildman–Crippen LogP) is 4.22. The molecule has 4 rings (SSSR count). The minimum Gasteiger partial charge on any atom is -0.496 e. The van der Waals surface area contributed by atoms with Crippen molar-refractivity contribution in [3.63, 3.8) is 0 Å². The zero-order valence-electron chi connectivity index (χ0n) is 24.5. The largest absolute Gasteiger partial charge is 0.496 e. The fourth-order valence-corrected chi connectivity index (χ4v) is 5.56. The molecule has 0 spiro atoms. The van der Waals surface area contributed by atoms with Gasteiger partial charge in [0.1, 0.15) is 22.4 Å². The summed E-state index contributed by atoms with van der Waals surface area (Å²) in [5.41, 5.74) is 0.571. The maximum absolute atomic E-state index is 13.7. The highest BCUT2D eigenvalue weighted by atomic mass is 32.2. The average Bonchev–Trinajstić information content (AvgIpc) is 3.00.